The zero-order valence-electron chi connectivity index (χ0n) is 12.2. The lowest BCUT2D eigenvalue weighted by molar-refractivity contribution is 0.437. The second-order valence-electron chi connectivity index (χ2n) is 5.54. The summed E-state index contributed by atoms with van der Waals surface area (Å²) in [5.74, 6) is 1.28. The second-order valence-corrected chi connectivity index (χ2v) is 5.54. The van der Waals surface area contributed by atoms with Crippen LogP contribution in [0.15, 0.2) is 59.0 Å². The molecule has 2 heterocycles. The largest absolute Gasteiger partial charge is 0.419 e. The molecule has 0 amide bonds. The molecular formula is C18H17N3O. The Balaban J connectivity index is 1.65. The lowest BCUT2D eigenvalue weighted by Crippen LogP contribution is -2.12. The van der Waals surface area contributed by atoms with Crippen LogP contribution in [0.4, 0.5) is 0 Å². The second kappa shape index (κ2) is 5.73. The van der Waals surface area contributed by atoms with Crippen molar-refractivity contribution < 1.29 is 4.42 Å². The molecule has 1 aromatic heterocycles. The van der Waals surface area contributed by atoms with E-state index >= 15 is 0 Å². The summed E-state index contributed by atoms with van der Waals surface area (Å²) in [5, 5.41) is 11.8. The first-order valence-corrected chi connectivity index (χ1v) is 7.63. The van der Waals surface area contributed by atoms with Crippen molar-refractivity contribution >= 4 is 0 Å². The number of rotatable bonds is 3. The van der Waals surface area contributed by atoms with Crippen molar-refractivity contribution in [2.75, 3.05) is 6.54 Å². The molecule has 0 bridgehead atoms. The van der Waals surface area contributed by atoms with Crippen LogP contribution in [0.2, 0.25) is 0 Å². The van der Waals surface area contributed by atoms with Crippen molar-refractivity contribution in [3.05, 3.63) is 60.5 Å². The van der Waals surface area contributed by atoms with Gasteiger partial charge in [0, 0.05) is 5.56 Å². The molecule has 4 heteroatoms. The minimum absolute atomic E-state index is 0.207. The Morgan fingerprint density at radius 1 is 0.909 bits per heavy atom. The first kappa shape index (κ1) is 13.2. The molecule has 3 aromatic rings. The molecule has 1 aliphatic rings. The van der Waals surface area contributed by atoms with Gasteiger partial charge in [-0.3, -0.25) is 0 Å². The molecule has 1 aliphatic heterocycles. The molecule has 1 saturated heterocycles. The fraction of sp³-hybridized carbons (Fsp3) is 0.222. The van der Waals surface area contributed by atoms with Gasteiger partial charge in [0.1, 0.15) is 0 Å². The molecule has 4 rings (SSSR count). The van der Waals surface area contributed by atoms with Crippen molar-refractivity contribution in [1.82, 2.24) is 15.5 Å². The number of benzene rings is 2. The van der Waals surface area contributed by atoms with Gasteiger partial charge in [0.25, 0.3) is 0 Å². The highest BCUT2D eigenvalue weighted by molar-refractivity contribution is 5.69. The Morgan fingerprint density at radius 3 is 2.55 bits per heavy atom. The van der Waals surface area contributed by atoms with Gasteiger partial charge in [-0.05, 0) is 42.6 Å². The van der Waals surface area contributed by atoms with Gasteiger partial charge >= 0.3 is 0 Å². The maximum absolute atomic E-state index is 5.86. The summed E-state index contributed by atoms with van der Waals surface area (Å²) in [6.07, 6.45) is 2.22. The highest BCUT2D eigenvalue weighted by Gasteiger charge is 2.22. The summed E-state index contributed by atoms with van der Waals surface area (Å²) in [4.78, 5) is 0. The van der Waals surface area contributed by atoms with E-state index in [9.17, 15) is 0 Å². The summed E-state index contributed by atoms with van der Waals surface area (Å²) >= 11 is 0. The van der Waals surface area contributed by atoms with E-state index in [0.717, 1.165) is 30.5 Å². The lowest BCUT2D eigenvalue weighted by Gasteiger charge is -2.04. The van der Waals surface area contributed by atoms with E-state index in [-0.39, 0.29) is 6.04 Å². The normalized spacial score (nSPS) is 17.7. The van der Waals surface area contributed by atoms with Crippen LogP contribution in [-0.2, 0) is 0 Å². The van der Waals surface area contributed by atoms with Crippen LogP contribution in [0.3, 0.4) is 0 Å². The lowest BCUT2D eigenvalue weighted by atomic mass is 10.0. The number of hydrogen-bond acceptors (Lipinski definition) is 4. The molecule has 0 saturated carbocycles. The molecule has 4 nitrogen and oxygen atoms in total. The smallest absolute Gasteiger partial charge is 0.247 e. The maximum Gasteiger partial charge on any atom is 0.247 e. The Labute approximate surface area is 129 Å². The zero-order valence-corrected chi connectivity index (χ0v) is 12.2. The molecule has 2 aromatic carbocycles. The number of aromatic nitrogens is 2. The molecule has 1 unspecified atom stereocenters. The van der Waals surface area contributed by atoms with Gasteiger partial charge in [0.05, 0.1) is 6.04 Å². The number of nitrogens with zero attached hydrogens (tertiary/aromatic N) is 2. The van der Waals surface area contributed by atoms with Crippen LogP contribution in [-0.4, -0.2) is 16.7 Å². The van der Waals surface area contributed by atoms with Gasteiger partial charge < -0.3 is 9.73 Å². The molecule has 1 N–H and O–H groups in total. The van der Waals surface area contributed by atoms with E-state index < -0.39 is 0 Å². The van der Waals surface area contributed by atoms with Gasteiger partial charge in [-0.25, -0.2) is 0 Å². The minimum atomic E-state index is 0.207. The van der Waals surface area contributed by atoms with Crippen molar-refractivity contribution in [1.29, 1.82) is 0 Å². The highest BCUT2D eigenvalue weighted by Crippen LogP contribution is 2.28. The molecule has 0 aliphatic carbocycles. The summed E-state index contributed by atoms with van der Waals surface area (Å²) in [5.41, 5.74) is 3.29. The molecular weight excluding hydrogens is 274 g/mol. The van der Waals surface area contributed by atoms with Gasteiger partial charge in [-0.2, -0.15) is 0 Å². The van der Waals surface area contributed by atoms with Crippen LogP contribution in [0, 0.1) is 0 Å². The third kappa shape index (κ3) is 2.53. The predicted octanol–water partition coefficient (Wildman–Crippen LogP) is 3.83. The van der Waals surface area contributed by atoms with Crippen LogP contribution in [0.25, 0.3) is 22.6 Å². The molecule has 22 heavy (non-hydrogen) atoms. The van der Waals surface area contributed by atoms with Gasteiger partial charge in [0.2, 0.25) is 11.8 Å². The van der Waals surface area contributed by atoms with Gasteiger partial charge in [-0.1, -0.05) is 42.5 Å². The third-order valence-corrected chi connectivity index (χ3v) is 4.02. The Hall–Kier alpha value is -2.46. The molecule has 0 spiro atoms. The summed E-state index contributed by atoms with van der Waals surface area (Å²) in [7, 11) is 0. The highest BCUT2D eigenvalue weighted by atomic mass is 16.4. The fourth-order valence-corrected chi connectivity index (χ4v) is 2.85. The van der Waals surface area contributed by atoms with Gasteiger partial charge in [-0.15, -0.1) is 10.2 Å². The Bertz CT molecular complexity index is 761. The van der Waals surface area contributed by atoms with E-state index in [1.165, 1.54) is 5.56 Å². The average molecular weight is 291 g/mol. The molecule has 1 atom stereocenters. The quantitative estimate of drug-likeness (QED) is 0.797. The van der Waals surface area contributed by atoms with Crippen molar-refractivity contribution in [3.63, 3.8) is 0 Å². The Kier molecular flexibility index (Phi) is 3.45. The van der Waals surface area contributed by atoms with Crippen LogP contribution < -0.4 is 5.32 Å². The molecule has 110 valence electrons. The zero-order chi connectivity index (χ0) is 14.8. The first-order chi connectivity index (χ1) is 10.9. The van der Waals surface area contributed by atoms with Crippen molar-refractivity contribution in [3.8, 4) is 22.6 Å². The minimum Gasteiger partial charge on any atom is -0.419 e. The van der Waals surface area contributed by atoms with E-state index in [0.29, 0.717) is 11.8 Å². The molecule has 1 fully saturated rings. The monoisotopic (exact) mass is 291 g/mol. The van der Waals surface area contributed by atoms with E-state index in [2.05, 4.69) is 39.8 Å². The topological polar surface area (TPSA) is 51.0 Å². The van der Waals surface area contributed by atoms with E-state index in [1.807, 2.05) is 30.3 Å². The third-order valence-electron chi connectivity index (χ3n) is 4.02. The predicted molar refractivity (Wildman–Crippen MR) is 85.1 cm³/mol. The molecule has 0 radical (unpaired) electrons. The Morgan fingerprint density at radius 2 is 1.73 bits per heavy atom. The van der Waals surface area contributed by atoms with Crippen LogP contribution in [0.1, 0.15) is 24.8 Å². The average Bonchev–Trinajstić information content (AvgIpc) is 3.27. The summed E-state index contributed by atoms with van der Waals surface area (Å²) < 4.78 is 5.86. The first-order valence-electron chi connectivity index (χ1n) is 7.63. The van der Waals surface area contributed by atoms with Crippen LogP contribution >= 0.6 is 0 Å². The fourth-order valence-electron chi connectivity index (χ4n) is 2.85. The SMILES string of the molecule is c1ccc(-c2cccc(-c3nnc(C4CCCN4)o3)c2)cc1. The van der Waals surface area contributed by atoms with Crippen LogP contribution in [0.5, 0.6) is 0 Å². The van der Waals surface area contributed by atoms with Crippen molar-refractivity contribution in [2.24, 2.45) is 0 Å². The van der Waals surface area contributed by atoms with E-state index in [4.69, 9.17) is 4.42 Å². The van der Waals surface area contributed by atoms with E-state index in [1.54, 1.807) is 0 Å². The summed E-state index contributed by atoms with van der Waals surface area (Å²) in [6, 6.07) is 18.7. The van der Waals surface area contributed by atoms with Gasteiger partial charge in [0.15, 0.2) is 0 Å². The maximum atomic E-state index is 5.86. The number of nitrogens with one attached hydrogen (secondary N) is 1. The standard InChI is InChI=1S/C18H17N3O/c1-2-6-13(7-3-1)14-8-4-9-15(12-14)17-20-21-18(22-17)16-10-5-11-19-16/h1-4,6-9,12,16,19H,5,10-11H2. The number of hydrogen-bond donors (Lipinski definition) is 1. The summed E-state index contributed by atoms with van der Waals surface area (Å²) in [6.45, 7) is 1.02. The van der Waals surface area contributed by atoms with Crippen molar-refractivity contribution in [2.45, 2.75) is 18.9 Å².